The molecule has 0 radical (unpaired) electrons. The number of anilines is 1. The molecule has 1 aromatic rings. The Morgan fingerprint density at radius 2 is 1.94 bits per heavy atom. The maximum absolute atomic E-state index is 5.74. The summed E-state index contributed by atoms with van der Waals surface area (Å²) in [7, 11) is 0. The van der Waals surface area contributed by atoms with Gasteiger partial charge in [-0.3, -0.25) is 0 Å². The van der Waals surface area contributed by atoms with Crippen LogP contribution in [-0.2, 0) is 0 Å². The number of nitrogens with one attached hydrogen (secondary N) is 1. The highest BCUT2D eigenvalue weighted by Crippen LogP contribution is 2.25. The van der Waals surface area contributed by atoms with Crippen molar-refractivity contribution in [1.82, 2.24) is 0 Å². The van der Waals surface area contributed by atoms with Gasteiger partial charge in [0, 0.05) is 17.3 Å². The first-order valence-electron chi connectivity index (χ1n) is 5.89. The Kier molecular flexibility index (Phi) is 4.15. The van der Waals surface area contributed by atoms with Crippen molar-refractivity contribution in [2.24, 2.45) is 11.1 Å². The summed E-state index contributed by atoms with van der Waals surface area (Å²) in [6.07, 6.45) is 0. The van der Waals surface area contributed by atoms with Gasteiger partial charge in [0.1, 0.15) is 4.99 Å². The van der Waals surface area contributed by atoms with E-state index in [1.165, 1.54) is 5.56 Å². The molecule has 0 aromatic heterocycles. The minimum Gasteiger partial charge on any atom is -0.389 e. The van der Waals surface area contributed by atoms with Crippen molar-refractivity contribution in [3.8, 4) is 0 Å². The first-order chi connectivity index (χ1) is 7.71. The van der Waals surface area contributed by atoms with E-state index in [4.69, 9.17) is 18.0 Å². The highest BCUT2D eigenvalue weighted by molar-refractivity contribution is 7.80. The van der Waals surface area contributed by atoms with Crippen molar-refractivity contribution >= 4 is 22.9 Å². The highest BCUT2D eigenvalue weighted by atomic mass is 32.1. The summed E-state index contributed by atoms with van der Waals surface area (Å²) >= 11 is 5.08. The Bertz CT molecular complexity index is 419. The molecule has 0 heterocycles. The summed E-state index contributed by atoms with van der Waals surface area (Å²) in [6.45, 7) is 10.9. The molecule has 0 aliphatic heterocycles. The van der Waals surface area contributed by atoms with Crippen LogP contribution in [0.15, 0.2) is 18.2 Å². The second-order valence-electron chi connectivity index (χ2n) is 5.65. The van der Waals surface area contributed by atoms with Gasteiger partial charge in [0.15, 0.2) is 0 Å². The van der Waals surface area contributed by atoms with E-state index in [2.05, 4.69) is 46.0 Å². The predicted molar refractivity (Wildman–Crippen MR) is 79.6 cm³/mol. The fourth-order valence-electron chi connectivity index (χ4n) is 1.44. The molecular formula is C14H22N2S. The zero-order valence-corrected chi connectivity index (χ0v) is 12.1. The molecule has 0 aliphatic rings. The first-order valence-corrected chi connectivity index (χ1v) is 6.29. The summed E-state index contributed by atoms with van der Waals surface area (Å²) in [4.78, 5) is 0.439. The van der Waals surface area contributed by atoms with Crippen LogP contribution >= 0.6 is 12.2 Å². The lowest BCUT2D eigenvalue weighted by molar-refractivity contribution is 0.359. The third-order valence-electron chi connectivity index (χ3n) is 3.11. The number of rotatable bonds is 3. The van der Waals surface area contributed by atoms with Gasteiger partial charge >= 0.3 is 0 Å². The van der Waals surface area contributed by atoms with Crippen LogP contribution in [-0.4, -0.2) is 11.0 Å². The van der Waals surface area contributed by atoms with E-state index < -0.39 is 0 Å². The van der Waals surface area contributed by atoms with E-state index >= 15 is 0 Å². The molecule has 1 atom stereocenters. The Morgan fingerprint density at radius 1 is 1.35 bits per heavy atom. The molecule has 0 spiro atoms. The molecule has 0 amide bonds. The molecule has 0 fully saturated rings. The van der Waals surface area contributed by atoms with E-state index in [1.807, 2.05) is 12.1 Å². The number of hydrogen-bond donors (Lipinski definition) is 2. The Labute approximate surface area is 110 Å². The van der Waals surface area contributed by atoms with Crippen molar-refractivity contribution in [2.45, 2.75) is 40.7 Å². The van der Waals surface area contributed by atoms with Gasteiger partial charge in [-0.05, 0) is 37.0 Å². The fraction of sp³-hybridized carbons (Fsp3) is 0.500. The van der Waals surface area contributed by atoms with Crippen LogP contribution in [0.2, 0.25) is 0 Å². The summed E-state index contributed by atoms with van der Waals surface area (Å²) in [5.41, 5.74) is 9.08. The minimum absolute atomic E-state index is 0.192. The van der Waals surface area contributed by atoms with E-state index in [1.54, 1.807) is 0 Å². The van der Waals surface area contributed by atoms with Crippen molar-refractivity contribution in [1.29, 1.82) is 0 Å². The Morgan fingerprint density at radius 3 is 2.41 bits per heavy atom. The SMILES string of the molecule is Cc1ccc(C(N)=S)c(NC(C)C(C)(C)C)c1. The van der Waals surface area contributed by atoms with Gasteiger partial charge in [-0.2, -0.15) is 0 Å². The Balaban J connectivity index is 3.04. The Hall–Kier alpha value is -1.09. The van der Waals surface area contributed by atoms with Gasteiger partial charge in [-0.1, -0.05) is 39.1 Å². The van der Waals surface area contributed by atoms with E-state index in [-0.39, 0.29) is 5.41 Å². The van der Waals surface area contributed by atoms with Gasteiger partial charge in [-0.15, -0.1) is 0 Å². The molecule has 0 aliphatic carbocycles. The van der Waals surface area contributed by atoms with Crippen LogP contribution < -0.4 is 11.1 Å². The van der Waals surface area contributed by atoms with Crippen LogP contribution in [0.5, 0.6) is 0 Å². The first kappa shape index (κ1) is 14.0. The van der Waals surface area contributed by atoms with Gasteiger partial charge in [0.2, 0.25) is 0 Å². The molecule has 94 valence electrons. The lowest BCUT2D eigenvalue weighted by Crippen LogP contribution is -2.31. The predicted octanol–water partition coefficient (Wildman–Crippen LogP) is 3.48. The molecule has 3 N–H and O–H groups in total. The zero-order valence-electron chi connectivity index (χ0n) is 11.3. The van der Waals surface area contributed by atoms with Gasteiger partial charge in [0.05, 0.1) is 0 Å². The number of nitrogens with two attached hydrogens (primary N) is 1. The van der Waals surface area contributed by atoms with E-state index in [0.717, 1.165) is 11.3 Å². The molecule has 0 bridgehead atoms. The van der Waals surface area contributed by atoms with Crippen LogP contribution in [0, 0.1) is 12.3 Å². The largest absolute Gasteiger partial charge is 0.389 e. The topological polar surface area (TPSA) is 38.0 Å². The zero-order chi connectivity index (χ0) is 13.2. The third kappa shape index (κ3) is 3.70. The molecule has 1 unspecified atom stereocenters. The van der Waals surface area contributed by atoms with Crippen LogP contribution in [0.1, 0.15) is 38.8 Å². The van der Waals surface area contributed by atoms with E-state index in [9.17, 15) is 0 Å². The van der Waals surface area contributed by atoms with Gasteiger partial charge in [-0.25, -0.2) is 0 Å². The minimum atomic E-state index is 0.192. The van der Waals surface area contributed by atoms with Gasteiger partial charge in [0.25, 0.3) is 0 Å². The summed E-state index contributed by atoms with van der Waals surface area (Å²) in [5.74, 6) is 0. The molecule has 2 nitrogen and oxygen atoms in total. The standard InChI is InChI=1S/C14H22N2S/c1-9-6-7-11(13(15)17)12(8-9)16-10(2)14(3,4)5/h6-8,10,16H,1-5H3,(H2,15,17). The fourth-order valence-corrected chi connectivity index (χ4v) is 1.62. The molecule has 17 heavy (non-hydrogen) atoms. The normalized spacial score (nSPS) is 13.2. The molecular weight excluding hydrogens is 228 g/mol. The average molecular weight is 250 g/mol. The third-order valence-corrected chi connectivity index (χ3v) is 3.33. The van der Waals surface area contributed by atoms with Crippen molar-refractivity contribution in [3.05, 3.63) is 29.3 Å². The molecule has 3 heteroatoms. The second kappa shape index (κ2) is 5.05. The maximum Gasteiger partial charge on any atom is 0.106 e. The van der Waals surface area contributed by atoms with Crippen LogP contribution in [0.4, 0.5) is 5.69 Å². The maximum atomic E-state index is 5.74. The highest BCUT2D eigenvalue weighted by Gasteiger charge is 2.20. The second-order valence-corrected chi connectivity index (χ2v) is 6.09. The lowest BCUT2D eigenvalue weighted by Gasteiger charge is -2.30. The number of aryl methyl sites for hydroxylation is 1. The number of benzene rings is 1. The van der Waals surface area contributed by atoms with Crippen molar-refractivity contribution in [3.63, 3.8) is 0 Å². The monoisotopic (exact) mass is 250 g/mol. The quantitative estimate of drug-likeness (QED) is 0.807. The molecule has 0 saturated heterocycles. The van der Waals surface area contributed by atoms with Crippen LogP contribution in [0.3, 0.4) is 0 Å². The van der Waals surface area contributed by atoms with Crippen molar-refractivity contribution in [2.75, 3.05) is 5.32 Å². The number of thiocarbonyl (C=S) groups is 1. The lowest BCUT2D eigenvalue weighted by atomic mass is 9.87. The smallest absolute Gasteiger partial charge is 0.106 e. The molecule has 1 rings (SSSR count). The average Bonchev–Trinajstić information content (AvgIpc) is 2.15. The summed E-state index contributed by atoms with van der Waals surface area (Å²) in [6, 6.07) is 6.45. The van der Waals surface area contributed by atoms with Crippen LogP contribution in [0.25, 0.3) is 0 Å². The molecule has 0 saturated carbocycles. The van der Waals surface area contributed by atoms with Crippen molar-refractivity contribution < 1.29 is 0 Å². The van der Waals surface area contributed by atoms with Gasteiger partial charge < -0.3 is 11.1 Å². The molecule has 1 aromatic carbocycles. The number of hydrogen-bond acceptors (Lipinski definition) is 2. The van der Waals surface area contributed by atoms with E-state index in [0.29, 0.717) is 11.0 Å². The summed E-state index contributed by atoms with van der Waals surface area (Å²) < 4.78 is 0. The summed E-state index contributed by atoms with van der Waals surface area (Å²) in [5, 5.41) is 3.51.